The van der Waals surface area contributed by atoms with E-state index >= 15 is 0 Å². The van der Waals surface area contributed by atoms with E-state index < -0.39 is 11.6 Å². The lowest BCUT2D eigenvalue weighted by atomic mass is 10.3. The summed E-state index contributed by atoms with van der Waals surface area (Å²) in [5, 5.41) is 8.64. The molecule has 0 aliphatic heterocycles. The number of rotatable bonds is 6. The Kier molecular flexibility index (Phi) is 5.51. The van der Waals surface area contributed by atoms with Crippen LogP contribution in [-0.4, -0.2) is 42.7 Å². The average Bonchev–Trinajstić information content (AvgIpc) is 2.32. The number of amides is 1. The van der Waals surface area contributed by atoms with Gasteiger partial charge in [0.1, 0.15) is 5.82 Å². The van der Waals surface area contributed by atoms with Crippen LogP contribution in [0.2, 0.25) is 0 Å². The first kappa shape index (κ1) is 14.4. The topological polar surface area (TPSA) is 49.8 Å². The highest BCUT2D eigenvalue weighted by atomic mass is 19.1. The van der Waals surface area contributed by atoms with Gasteiger partial charge in [0.25, 0.3) is 0 Å². The van der Waals surface area contributed by atoms with Gasteiger partial charge in [-0.15, -0.1) is 0 Å². The van der Waals surface area contributed by atoms with Crippen molar-refractivity contribution in [1.29, 1.82) is 0 Å². The Labute approximate surface area is 104 Å². The van der Waals surface area contributed by atoms with E-state index in [1.165, 1.54) is 11.0 Å². The van der Waals surface area contributed by atoms with Gasteiger partial charge in [-0.2, -0.15) is 0 Å². The Morgan fingerprint density at radius 2 is 2.17 bits per heavy atom. The second-order valence-corrected chi connectivity index (χ2v) is 3.71. The number of likely N-dealkylation sites (N-methyl/N-ethyl adjacent to an activating group) is 1. The number of ether oxygens (including phenoxy) is 1. The molecule has 1 aromatic rings. The largest absolute Gasteiger partial charge is 0.490 e. The van der Waals surface area contributed by atoms with E-state index in [9.17, 15) is 13.6 Å². The van der Waals surface area contributed by atoms with E-state index in [1.54, 1.807) is 7.05 Å². The SMILES string of the molecule is CN(CCO)C(=O)CCOc1ccc(F)cc1F. The number of halogens is 2. The molecule has 1 rings (SSSR count). The molecule has 1 amide bonds. The summed E-state index contributed by atoms with van der Waals surface area (Å²) < 4.78 is 30.8. The van der Waals surface area contributed by atoms with Gasteiger partial charge in [-0.05, 0) is 12.1 Å². The fourth-order valence-corrected chi connectivity index (χ4v) is 1.31. The Bertz CT molecular complexity index is 412. The highest BCUT2D eigenvalue weighted by molar-refractivity contribution is 5.75. The summed E-state index contributed by atoms with van der Waals surface area (Å²) in [7, 11) is 1.55. The van der Waals surface area contributed by atoms with Crippen LogP contribution in [0.3, 0.4) is 0 Å². The highest BCUT2D eigenvalue weighted by Crippen LogP contribution is 2.17. The summed E-state index contributed by atoms with van der Waals surface area (Å²) in [6.45, 7) is 0.122. The minimum Gasteiger partial charge on any atom is -0.490 e. The fourth-order valence-electron chi connectivity index (χ4n) is 1.31. The van der Waals surface area contributed by atoms with Gasteiger partial charge in [0.05, 0.1) is 19.6 Å². The molecule has 0 heterocycles. The van der Waals surface area contributed by atoms with Crippen molar-refractivity contribution in [3.63, 3.8) is 0 Å². The fraction of sp³-hybridized carbons (Fsp3) is 0.417. The van der Waals surface area contributed by atoms with E-state index in [1.807, 2.05) is 0 Å². The second-order valence-electron chi connectivity index (χ2n) is 3.71. The van der Waals surface area contributed by atoms with E-state index in [-0.39, 0.29) is 37.8 Å². The smallest absolute Gasteiger partial charge is 0.225 e. The predicted molar refractivity (Wildman–Crippen MR) is 61.2 cm³/mol. The van der Waals surface area contributed by atoms with E-state index in [0.717, 1.165) is 12.1 Å². The van der Waals surface area contributed by atoms with Gasteiger partial charge in [-0.1, -0.05) is 0 Å². The number of aliphatic hydroxyl groups excluding tert-OH is 1. The van der Waals surface area contributed by atoms with E-state index in [4.69, 9.17) is 9.84 Å². The molecule has 0 spiro atoms. The van der Waals surface area contributed by atoms with Crippen molar-refractivity contribution in [2.75, 3.05) is 26.8 Å². The molecule has 1 N–H and O–H groups in total. The van der Waals surface area contributed by atoms with E-state index in [0.29, 0.717) is 0 Å². The van der Waals surface area contributed by atoms with Crippen molar-refractivity contribution < 1.29 is 23.4 Å². The van der Waals surface area contributed by atoms with Crippen LogP contribution in [0.4, 0.5) is 8.78 Å². The molecular weight excluding hydrogens is 244 g/mol. The lowest BCUT2D eigenvalue weighted by molar-refractivity contribution is -0.130. The Morgan fingerprint density at radius 3 is 2.78 bits per heavy atom. The maximum Gasteiger partial charge on any atom is 0.225 e. The van der Waals surface area contributed by atoms with Gasteiger partial charge in [-0.3, -0.25) is 4.79 Å². The lowest BCUT2D eigenvalue weighted by Gasteiger charge is -2.15. The number of hydrogen-bond acceptors (Lipinski definition) is 3. The molecule has 6 heteroatoms. The molecule has 4 nitrogen and oxygen atoms in total. The van der Waals surface area contributed by atoms with Crippen LogP contribution in [0.1, 0.15) is 6.42 Å². The predicted octanol–water partition coefficient (Wildman–Crippen LogP) is 1.18. The van der Waals surface area contributed by atoms with Crippen LogP contribution in [0, 0.1) is 11.6 Å². The lowest BCUT2D eigenvalue weighted by Crippen LogP contribution is -2.30. The molecule has 1 aromatic carbocycles. The number of hydrogen-bond donors (Lipinski definition) is 1. The Balaban J connectivity index is 2.39. The maximum absolute atomic E-state index is 13.2. The number of carbonyl (C=O) groups is 1. The van der Waals surface area contributed by atoms with Gasteiger partial charge in [-0.25, -0.2) is 8.78 Å². The quantitative estimate of drug-likeness (QED) is 0.834. The monoisotopic (exact) mass is 259 g/mol. The molecule has 0 unspecified atom stereocenters. The Morgan fingerprint density at radius 1 is 1.44 bits per heavy atom. The van der Waals surface area contributed by atoms with Crippen LogP contribution < -0.4 is 4.74 Å². The molecule has 0 aliphatic rings. The normalized spacial score (nSPS) is 10.2. The van der Waals surface area contributed by atoms with Gasteiger partial charge < -0.3 is 14.7 Å². The number of carbonyl (C=O) groups excluding carboxylic acids is 1. The van der Waals surface area contributed by atoms with Crippen LogP contribution in [0.5, 0.6) is 5.75 Å². The maximum atomic E-state index is 13.2. The zero-order chi connectivity index (χ0) is 13.5. The minimum atomic E-state index is -0.800. The van der Waals surface area contributed by atoms with E-state index in [2.05, 4.69) is 0 Å². The van der Waals surface area contributed by atoms with Crippen LogP contribution in [0.25, 0.3) is 0 Å². The highest BCUT2D eigenvalue weighted by Gasteiger charge is 2.09. The summed E-state index contributed by atoms with van der Waals surface area (Å²) in [5.41, 5.74) is 0. The molecule has 18 heavy (non-hydrogen) atoms. The first-order valence-corrected chi connectivity index (χ1v) is 5.47. The summed E-state index contributed by atoms with van der Waals surface area (Å²) in [6.07, 6.45) is 0.0628. The van der Waals surface area contributed by atoms with Crippen molar-refractivity contribution >= 4 is 5.91 Å². The number of benzene rings is 1. The third-order valence-corrected chi connectivity index (χ3v) is 2.33. The van der Waals surface area contributed by atoms with Crippen LogP contribution >= 0.6 is 0 Å². The van der Waals surface area contributed by atoms with Gasteiger partial charge >= 0.3 is 0 Å². The molecule has 0 radical (unpaired) electrons. The zero-order valence-corrected chi connectivity index (χ0v) is 10.0. The minimum absolute atomic E-state index is 0.00282. The van der Waals surface area contributed by atoms with Crippen molar-refractivity contribution in [2.45, 2.75) is 6.42 Å². The Hall–Kier alpha value is -1.69. The van der Waals surface area contributed by atoms with Crippen molar-refractivity contribution in [3.8, 4) is 5.75 Å². The second kappa shape index (κ2) is 6.90. The molecule has 0 saturated carbocycles. The summed E-state index contributed by atoms with van der Waals surface area (Å²) in [5.74, 6) is -1.79. The van der Waals surface area contributed by atoms with Crippen molar-refractivity contribution in [2.24, 2.45) is 0 Å². The first-order valence-electron chi connectivity index (χ1n) is 5.47. The molecule has 0 saturated heterocycles. The van der Waals surface area contributed by atoms with Gasteiger partial charge in [0, 0.05) is 19.7 Å². The average molecular weight is 259 g/mol. The molecule has 100 valence electrons. The summed E-state index contributed by atoms with van der Waals surface area (Å²) in [6, 6.07) is 2.97. The van der Waals surface area contributed by atoms with Crippen LogP contribution in [0.15, 0.2) is 18.2 Å². The van der Waals surface area contributed by atoms with Gasteiger partial charge in [0.15, 0.2) is 11.6 Å². The molecule has 0 fully saturated rings. The standard InChI is InChI=1S/C12H15F2NO3/c1-15(5-6-16)12(17)4-7-18-11-3-2-9(13)8-10(11)14/h2-3,8,16H,4-7H2,1H3. The van der Waals surface area contributed by atoms with Crippen molar-refractivity contribution in [1.82, 2.24) is 4.90 Å². The van der Waals surface area contributed by atoms with Gasteiger partial charge in [0.2, 0.25) is 5.91 Å². The molecule has 0 bridgehead atoms. The third-order valence-electron chi connectivity index (χ3n) is 2.33. The molecular formula is C12H15F2NO3. The third kappa shape index (κ3) is 4.29. The van der Waals surface area contributed by atoms with Crippen LogP contribution in [-0.2, 0) is 4.79 Å². The number of nitrogens with zero attached hydrogens (tertiary/aromatic N) is 1. The first-order chi connectivity index (χ1) is 8.54. The molecule has 0 atom stereocenters. The summed E-state index contributed by atoms with van der Waals surface area (Å²) in [4.78, 5) is 12.8. The molecule has 0 aliphatic carbocycles. The zero-order valence-electron chi connectivity index (χ0n) is 10.0. The number of aliphatic hydroxyl groups is 1. The summed E-state index contributed by atoms with van der Waals surface area (Å²) >= 11 is 0. The molecule has 0 aromatic heterocycles. The van der Waals surface area contributed by atoms with Crippen molar-refractivity contribution in [3.05, 3.63) is 29.8 Å².